The van der Waals surface area contributed by atoms with Gasteiger partial charge in [-0.2, -0.15) is 0 Å². The van der Waals surface area contributed by atoms with E-state index in [1.807, 2.05) is 0 Å². The molecule has 0 spiro atoms. The third kappa shape index (κ3) is 3.96. The van der Waals surface area contributed by atoms with Crippen molar-refractivity contribution in [2.45, 2.75) is 83.3 Å². The SMILES string of the molecule is CC(C1CCCC(O)CC1)C1CCCC(O)CC1. The Balaban J connectivity index is 1.86. The molecule has 0 aromatic heterocycles. The van der Waals surface area contributed by atoms with Gasteiger partial charge >= 0.3 is 0 Å². The van der Waals surface area contributed by atoms with Crippen LogP contribution in [0, 0.1) is 17.8 Å². The molecular formula is C16H30O2. The molecule has 0 aromatic rings. The molecule has 2 rings (SSSR count). The summed E-state index contributed by atoms with van der Waals surface area (Å²) in [5.74, 6) is 2.39. The largest absolute Gasteiger partial charge is 0.393 e. The predicted octanol–water partition coefficient (Wildman–Crippen LogP) is 3.50. The van der Waals surface area contributed by atoms with Crippen LogP contribution in [0.3, 0.4) is 0 Å². The highest BCUT2D eigenvalue weighted by Crippen LogP contribution is 2.38. The fraction of sp³-hybridized carbons (Fsp3) is 1.00. The Bertz CT molecular complexity index is 217. The van der Waals surface area contributed by atoms with Gasteiger partial charge in [-0.15, -0.1) is 0 Å². The lowest BCUT2D eigenvalue weighted by molar-refractivity contribution is 0.144. The van der Waals surface area contributed by atoms with E-state index in [1.54, 1.807) is 0 Å². The molecule has 0 aliphatic heterocycles. The molecule has 0 amide bonds. The molecule has 106 valence electrons. The number of hydrogen-bond acceptors (Lipinski definition) is 2. The lowest BCUT2D eigenvalue weighted by Gasteiger charge is -2.30. The standard InChI is InChI=1S/C16H30O2/c1-12(13-4-2-6-15(17)10-8-13)14-5-3-7-16(18)11-9-14/h12-18H,2-11H2,1H3. The minimum absolute atomic E-state index is 0.0434. The summed E-state index contributed by atoms with van der Waals surface area (Å²) in [6.07, 6.45) is 11.4. The third-order valence-electron chi connectivity index (χ3n) is 5.45. The quantitative estimate of drug-likeness (QED) is 0.740. The molecule has 0 heterocycles. The third-order valence-corrected chi connectivity index (χ3v) is 5.45. The smallest absolute Gasteiger partial charge is 0.0540 e. The van der Waals surface area contributed by atoms with Crippen molar-refractivity contribution in [3.05, 3.63) is 0 Å². The van der Waals surface area contributed by atoms with E-state index in [9.17, 15) is 10.2 Å². The molecule has 0 radical (unpaired) electrons. The summed E-state index contributed by atoms with van der Waals surface area (Å²) >= 11 is 0. The average Bonchev–Trinajstić information content (AvgIpc) is 2.69. The van der Waals surface area contributed by atoms with E-state index in [0.29, 0.717) is 0 Å². The van der Waals surface area contributed by atoms with E-state index in [-0.39, 0.29) is 12.2 Å². The van der Waals surface area contributed by atoms with Crippen molar-refractivity contribution < 1.29 is 10.2 Å². The molecule has 18 heavy (non-hydrogen) atoms. The van der Waals surface area contributed by atoms with Gasteiger partial charge in [0.15, 0.2) is 0 Å². The van der Waals surface area contributed by atoms with Gasteiger partial charge in [0.05, 0.1) is 12.2 Å². The van der Waals surface area contributed by atoms with Gasteiger partial charge in [-0.1, -0.05) is 32.6 Å². The van der Waals surface area contributed by atoms with Crippen LogP contribution in [0.25, 0.3) is 0 Å². The van der Waals surface area contributed by atoms with Gasteiger partial charge in [-0.05, 0) is 56.3 Å². The van der Waals surface area contributed by atoms with Gasteiger partial charge < -0.3 is 10.2 Å². The predicted molar refractivity (Wildman–Crippen MR) is 74.3 cm³/mol. The Hall–Kier alpha value is -0.0800. The average molecular weight is 254 g/mol. The highest BCUT2D eigenvalue weighted by atomic mass is 16.3. The molecule has 2 aliphatic rings. The van der Waals surface area contributed by atoms with Crippen molar-refractivity contribution in [3.8, 4) is 0 Å². The van der Waals surface area contributed by atoms with Crippen LogP contribution in [0.2, 0.25) is 0 Å². The van der Waals surface area contributed by atoms with Crippen LogP contribution in [0.15, 0.2) is 0 Å². The molecule has 4 unspecified atom stereocenters. The first-order valence-corrected chi connectivity index (χ1v) is 8.03. The van der Waals surface area contributed by atoms with E-state index in [4.69, 9.17) is 0 Å². The Morgan fingerprint density at radius 3 is 1.56 bits per heavy atom. The van der Waals surface area contributed by atoms with Crippen LogP contribution in [0.1, 0.15) is 71.1 Å². The monoisotopic (exact) mass is 254 g/mol. The number of rotatable bonds is 2. The second-order valence-electron chi connectivity index (χ2n) is 6.70. The summed E-state index contributed by atoms with van der Waals surface area (Å²) in [6, 6.07) is 0. The summed E-state index contributed by atoms with van der Waals surface area (Å²) in [7, 11) is 0. The molecule has 2 aliphatic carbocycles. The lowest BCUT2D eigenvalue weighted by atomic mass is 9.76. The molecule has 0 aromatic carbocycles. The zero-order valence-electron chi connectivity index (χ0n) is 11.9. The summed E-state index contributed by atoms with van der Waals surface area (Å²) in [4.78, 5) is 0. The maximum absolute atomic E-state index is 9.75. The number of aliphatic hydroxyl groups is 2. The molecule has 0 saturated heterocycles. The summed E-state index contributed by atoms with van der Waals surface area (Å²) in [6.45, 7) is 2.42. The van der Waals surface area contributed by atoms with Gasteiger partial charge in [0.25, 0.3) is 0 Å². The van der Waals surface area contributed by atoms with Crippen molar-refractivity contribution in [2.24, 2.45) is 17.8 Å². The second kappa shape index (κ2) is 6.91. The van der Waals surface area contributed by atoms with Crippen LogP contribution in [0.4, 0.5) is 0 Å². The van der Waals surface area contributed by atoms with Gasteiger partial charge in [-0.25, -0.2) is 0 Å². The first-order chi connectivity index (χ1) is 8.66. The molecule has 2 nitrogen and oxygen atoms in total. The van der Waals surface area contributed by atoms with Crippen molar-refractivity contribution in [1.29, 1.82) is 0 Å². The summed E-state index contributed by atoms with van der Waals surface area (Å²) < 4.78 is 0. The Morgan fingerprint density at radius 2 is 1.11 bits per heavy atom. The topological polar surface area (TPSA) is 40.5 Å². The fourth-order valence-electron chi connectivity index (χ4n) is 4.06. The Labute approximate surface area is 112 Å². The molecular weight excluding hydrogens is 224 g/mol. The maximum Gasteiger partial charge on any atom is 0.0540 e. The highest BCUT2D eigenvalue weighted by Gasteiger charge is 2.29. The molecule has 4 atom stereocenters. The zero-order chi connectivity index (χ0) is 13.0. The lowest BCUT2D eigenvalue weighted by Crippen LogP contribution is -2.21. The van der Waals surface area contributed by atoms with E-state index in [2.05, 4.69) is 6.92 Å². The summed E-state index contributed by atoms with van der Waals surface area (Å²) in [5.41, 5.74) is 0. The van der Waals surface area contributed by atoms with E-state index < -0.39 is 0 Å². The Morgan fingerprint density at radius 1 is 0.667 bits per heavy atom. The first-order valence-electron chi connectivity index (χ1n) is 8.03. The molecule has 2 saturated carbocycles. The summed E-state index contributed by atoms with van der Waals surface area (Å²) in [5, 5.41) is 19.5. The fourth-order valence-corrected chi connectivity index (χ4v) is 4.06. The van der Waals surface area contributed by atoms with Crippen LogP contribution in [-0.4, -0.2) is 22.4 Å². The van der Waals surface area contributed by atoms with Crippen molar-refractivity contribution in [3.63, 3.8) is 0 Å². The van der Waals surface area contributed by atoms with E-state index >= 15 is 0 Å². The zero-order valence-corrected chi connectivity index (χ0v) is 11.9. The molecule has 0 bridgehead atoms. The Kier molecular flexibility index (Phi) is 5.50. The van der Waals surface area contributed by atoms with Crippen LogP contribution < -0.4 is 0 Å². The molecule has 2 N–H and O–H groups in total. The van der Waals surface area contributed by atoms with Crippen molar-refractivity contribution in [2.75, 3.05) is 0 Å². The molecule has 2 heteroatoms. The normalized spacial score (nSPS) is 40.8. The number of hydrogen-bond donors (Lipinski definition) is 2. The van der Waals surface area contributed by atoms with Crippen LogP contribution in [0.5, 0.6) is 0 Å². The first kappa shape index (κ1) is 14.3. The van der Waals surface area contributed by atoms with Gasteiger partial charge in [0, 0.05) is 0 Å². The van der Waals surface area contributed by atoms with Crippen molar-refractivity contribution in [1.82, 2.24) is 0 Å². The van der Waals surface area contributed by atoms with E-state index in [0.717, 1.165) is 43.4 Å². The maximum atomic E-state index is 9.75. The highest BCUT2D eigenvalue weighted by molar-refractivity contribution is 4.80. The minimum Gasteiger partial charge on any atom is -0.393 e. The second-order valence-corrected chi connectivity index (χ2v) is 6.70. The van der Waals surface area contributed by atoms with Crippen LogP contribution in [-0.2, 0) is 0 Å². The van der Waals surface area contributed by atoms with Crippen LogP contribution >= 0.6 is 0 Å². The van der Waals surface area contributed by atoms with E-state index in [1.165, 1.54) is 38.5 Å². The van der Waals surface area contributed by atoms with Gasteiger partial charge in [0.2, 0.25) is 0 Å². The number of aliphatic hydroxyl groups excluding tert-OH is 2. The molecule has 2 fully saturated rings. The minimum atomic E-state index is -0.0434. The van der Waals surface area contributed by atoms with Gasteiger partial charge in [-0.3, -0.25) is 0 Å². The van der Waals surface area contributed by atoms with Crippen molar-refractivity contribution >= 4 is 0 Å². The van der Waals surface area contributed by atoms with Gasteiger partial charge in [0.1, 0.15) is 0 Å².